The van der Waals surface area contributed by atoms with Crippen LogP contribution in [0.15, 0.2) is 22.8 Å². The minimum Gasteiger partial charge on any atom is -0.468 e. The fourth-order valence-electron chi connectivity index (χ4n) is 1.85. The quantitative estimate of drug-likeness (QED) is 0.793. The lowest BCUT2D eigenvalue weighted by Gasteiger charge is -2.27. The van der Waals surface area contributed by atoms with Crippen molar-refractivity contribution in [3.8, 4) is 0 Å². The van der Waals surface area contributed by atoms with Gasteiger partial charge >= 0.3 is 0 Å². The van der Waals surface area contributed by atoms with Crippen molar-refractivity contribution in [1.82, 2.24) is 10.0 Å². The molecule has 0 aliphatic heterocycles. The predicted molar refractivity (Wildman–Crippen MR) is 71.8 cm³/mol. The van der Waals surface area contributed by atoms with Crippen LogP contribution in [0.3, 0.4) is 0 Å². The molecule has 1 heterocycles. The minimum absolute atomic E-state index is 0.0978. The van der Waals surface area contributed by atoms with Crippen LogP contribution in [0.4, 0.5) is 0 Å². The van der Waals surface area contributed by atoms with E-state index in [4.69, 9.17) is 4.42 Å². The highest BCUT2D eigenvalue weighted by Crippen LogP contribution is 2.17. The Balaban J connectivity index is 2.58. The van der Waals surface area contributed by atoms with Crippen molar-refractivity contribution in [3.63, 3.8) is 0 Å². The molecule has 1 aromatic rings. The third kappa shape index (κ3) is 5.20. The van der Waals surface area contributed by atoms with E-state index in [2.05, 4.69) is 17.0 Å². The van der Waals surface area contributed by atoms with Crippen molar-refractivity contribution in [2.45, 2.75) is 38.8 Å². The standard InChI is InChI=1S/C12H22N2O3S/c1-5-10(11-7-6-8-17-11)13-9-12(2,3)14-18(4,15)16/h6-8,10,13-14H,5,9H2,1-4H3. The molecule has 0 amide bonds. The molecule has 0 aromatic carbocycles. The number of nitrogens with one attached hydrogen (secondary N) is 2. The molecule has 1 aromatic heterocycles. The lowest BCUT2D eigenvalue weighted by atomic mass is 10.1. The molecule has 0 radical (unpaired) electrons. The number of hydrogen-bond donors (Lipinski definition) is 2. The van der Waals surface area contributed by atoms with Crippen molar-refractivity contribution in [1.29, 1.82) is 0 Å². The largest absolute Gasteiger partial charge is 0.468 e. The lowest BCUT2D eigenvalue weighted by molar-refractivity contribution is 0.352. The maximum atomic E-state index is 11.2. The van der Waals surface area contributed by atoms with E-state index in [1.54, 1.807) is 6.26 Å². The highest BCUT2D eigenvalue weighted by Gasteiger charge is 2.23. The van der Waals surface area contributed by atoms with Crippen molar-refractivity contribution in [2.24, 2.45) is 0 Å². The Kier molecular flexibility index (Phi) is 4.95. The van der Waals surface area contributed by atoms with Gasteiger partial charge < -0.3 is 9.73 Å². The molecule has 0 spiro atoms. The smallest absolute Gasteiger partial charge is 0.209 e. The van der Waals surface area contributed by atoms with Crippen LogP contribution < -0.4 is 10.0 Å². The van der Waals surface area contributed by atoms with Crippen LogP contribution in [0.5, 0.6) is 0 Å². The van der Waals surface area contributed by atoms with E-state index in [1.807, 2.05) is 26.0 Å². The second kappa shape index (κ2) is 5.86. The Morgan fingerprint density at radius 2 is 2.11 bits per heavy atom. The summed E-state index contributed by atoms with van der Waals surface area (Å²) < 4.78 is 30.4. The van der Waals surface area contributed by atoms with Crippen molar-refractivity contribution in [3.05, 3.63) is 24.2 Å². The summed E-state index contributed by atoms with van der Waals surface area (Å²) >= 11 is 0. The zero-order valence-corrected chi connectivity index (χ0v) is 12.2. The van der Waals surface area contributed by atoms with E-state index >= 15 is 0 Å². The van der Waals surface area contributed by atoms with Crippen molar-refractivity contribution in [2.75, 3.05) is 12.8 Å². The highest BCUT2D eigenvalue weighted by molar-refractivity contribution is 7.88. The van der Waals surface area contributed by atoms with E-state index in [9.17, 15) is 8.42 Å². The monoisotopic (exact) mass is 274 g/mol. The summed E-state index contributed by atoms with van der Waals surface area (Å²) in [5, 5.41) is 3.31. The fraction of sp³-hybridized carbons (Fsp3) is 0.667. The predicted octanol–water partition coefficient (Wildman–Crippen LogP) is 1.65. The SMILES string of the molecule is CCC(NCC(C)(C)NS(C)(=O)=O)c1ccco1. The van der Waals surface area contributed by atoms with Gasteiger partial charge in [0.1, 0.15) is 5.76 Å². The van der Waals surface area contributed by atoms with E-state index in [0.717, 1.165) is 12.2 Å². The van der Waals surface area contributed by atoms with Gasteiger partial charge in [-0.3, -0.25) is 0 Å². The second-order valence-electron chi connectivity index (χ2n) is 5.12. The van der Waals surface area contributed by atoms with Crippen LogP contribution in [-0.4, -0.2) is 26.8 Å². The van der Waals surface area contributed by atoms with Gasteiger partial charge in [0, 0.05) is 12.1 Å². The molecule has 5 nitrogen and oxygen atoms in total. The summed E-state index contributed by atoms with van der Waals surface area (Å²) in [6.45, 7) is 6.27. The topological polar surface area (TPSA) is 71.3 Å². The Morgan fingerprint density at radius 3 is 2.56 bits per heavy atom. The number of sulfonamides is 1. The average Bonchev–Trinajstić information content (AvgIpc) is 2.68. The second-order valence-corrected chi connectivity index (χ2v) is 6.86. The first-order valence-corrected chi connectivity index (χ1v) is 7.88. The first-order valence-electron chi connectivity index (χ1n) is 5.99. The van der Waals surface area contributed by atoms with E-state index in [1.165, 1.54) is 6.26 Å². The van der Waals surface area contributed by atoms with Gasteiger partial charge in [0.15, 0.2) is 0 Å². The van der Waals surface area contributed by atoms with Gasteiger partial charge in [-0.2, -0.15) is 0 Å². The van der Waals surface area contributed by atoms with Crippen LogP contribution in [0.1, 0.15) is 39.0 Å². The van der Waals surface area contributed by atoms with Gasteiger partial charge in [-0.05, 0) is 32.4 Å². The summed E-state index contributed by atoms with van der Waals surface area (Å²) in [5.74, 6) is 0.868. The molecular formula is C12H22N2O3S. The van der Waals surface area contributed by atoms with Gasteiger partial charge in [-0.25, -0.2) is 13.1 Å². The molecule has 18 heavy (non-hydrogen) atoms. The third-order valence-corrected chi connectivity index (χ3v) is 3.47. The van der Waals surface area contributed by atoms with Crippen molar-refractivity contribution >= 4 is 10.0 Å². The normalized spacial score (nSPS) is 14.7. The van der Waals surface area contributed by atoms with Crippen LogP contribution >= 0.6 is 0 Å². The highest BCUT2D eigenvalue weighted by atomic mass is 32.2. The van der Waals surface area contributed by atoms with Crippen LogP contribution in [0, 0.1) is 0 Å². The maximum absolute atomic E-state index is 11.2. The minimum atomic E-state index is -3.20. The van der Waals surface area contributed by atoms with Gasteiger partial charge in [-0.1, -0.05) is 6.92 Å². The Hall–Kier alpha value is -0.850. The molecule has 1 rings (SSSR count). The molecule has 0 fully saturated rings. The summed E-state index contributed by atoms with van der Waals surface area (Å²) in [7, 11) is -3.20. The third-order valence-electron chi connectivity index (χ3n) is 2.55. The molecule has 2 N–H and O–H groups in total. The summed E-state index contributed by atoms with van der Waals surface area (Å²) in [5.41, 5.74) is -0.534. The summed E-state index contributed by atoms with van der Waals surface area (Å²) in [4.78, 5) is 0. The van der Waals surface area contributed by atoms with Crippen molar-refractivity contribution < 1.29 is 12.8 Å². The summed E-state index contributed by atoms with van der Waals surface area (Å²) in [6.07, 6.45) is 3.68. The van der Waals surface area contributed by atoms with Crippen LogP contribution in [-0.2, 0) is 10.0 Å². The molecule has 0 aliphatic carbocycles. The van der Waals surface area contributed by atoms with Crippen LogP contribution in [0.2, 0.25) is 0 Å². The van der Waals surface area contributed by atoms with E-state index in [0.29, 0.717) is 6.54 Å². The lowest BCUT2D eigenvalue weighted by Crippen LogP contribution is -2.50. The molecular weight excluding hydrogens is 252 g/mol. The maximum Gasteiger partial charge on any atom is 0.209 e. The molecule has 0 saturated carbocycles. The van der Waals surface area contributed by atoms with Gasteiger partial charge in [0.25, 0.3) is 0 Å². The van der Waals surface area contributed by atoms with Gasteiger partial charge in [0.2, 0.25) is 10.0 Å². The summed E-state index contributed by atoms with van der Waals surface area (Å²) in [6, 6.07) is 3.86. The number of hydrogen-bond acceptors (Lipinski definition) is 4. The van der Waals surface area contributed by atoms with Gasteiger partial charge in [0.05, 0.1) is 18.6 Å². The Labute approximate surface area is 109 Å². The first kappa shape index (κ1) is 15.2. The first-order chi connectivity index (χ1) is 8.23. The fourth-order valence-corrected chi connectivity index (χ4v) is 2.93. The van der Waals surface area contributed by atoms with Gasteiger partial charge in [-0.15, -0.1) is 0 Å². The zero-order chi connectivity index (χ0) is 13.8. The van der Waals surface area contributed by atoms with Crippen LogP contribution in [0.25, 0.3) is 0 Å². The Morgan fingerprint density at radius 1 is 1.44 bits per heavy atom. The zero-order valence-electron chi connectivity index (χ0n) is 11.4. The average molecular weight is 274 g/mol. The Bertz CT molecular complexity index is 452. The number of rotatable bonds is 7. The van der Waals surface area contributed by atoms with E-state index in [-0.39, 0.29) is 6.04 Å². The number of furan rings is 1. The molecule has 6 heteroatoms. The molecule has 104 valence electrons. The molecule has 1 unspecified atom stereocenters. The molecule has 0 aliphatic rings. The van der Waals surface area contributed by atoms with E-state index < -0.39 is 15.6 Å². The molecule has 0 bridgehead atoms. The molecule has 0 saturated heterocycles. The molecule has 1 atom stereocenters.